The monoisotopic (exact) mass is 492 g/mol. The third-order valence-electron chi connectivity index (χ3n) is 7.64. The Morgan fingerprint density at radius 3 is 2.74 bits per heavy atom. The van der Waals surface area contributed by atoms with Crippen LogP contribution in [0.5, 0.6) is 0 Å². The minimum atomic E-state index is 0.158. The summed E-state index contributed by atoms with van der Waals surface area (Å²) in [4.78, 5) is 28.5. The lowest BCUT2D eigenvalue weighted by atomic mass is 9.88. The normalized spacial score (nSPS) is 19.5. The van der Waals surface area contributed by atoms with Crippen molar-refractivity contribution < 1.29 is 9.59 Å². The third-order valence-corrected chi connectivity index (χ3v) is 8.93. The maximum absolute atomic E-state index is 13.5. The predicted octanol–water partition coefficient (Wildman–Crippen LogP) is 4.75. The number of carbonyl (C=O) groups is 2. The van der Waals surface area contributed by atoms with Crippen molar-refractivity contribution in [2.45, 2.75) is 77.2 Å². The first kappa shape index (κ1) is 22.6. The summed E-state index contributed by atoms with van der Waals surface area (Å²) in [6.07, 6.45) is 10.9. The number of anilines is 2. The van der Waals surface area contributed by atoms with Crippen molar-refractivity contribution in [2.75, 3.05) is 5.32 Å². The van der Waals surface area contributed by atoms with Crippen molar-refractivity contribution in [1.29, 1.82) is 0 Å². The van der Waals surface area contributed by atoms with Crippen molar-refractivity contribution in [3.8, 4) is 0 Å². The van der Waals surface area contributed by atoms with Crippen LogP contribution in [0.4, 0.5) is 11.8 Å². The van der Waals surface area contributed by atoms with Gasteiger partial charge in [-0.1, -0.05) is 12.8 Å². The Balaban J connectivity index is 1.27. The zero-order valence-corrected chi connectivity index (χ0v) is 21.2. The van der Waals surface area contributed by atoms with Crippen LogP contribution in [0.1, 0.15) is 82.4 Å². The van der Waals surface area contributed by atoms with Crippen LogP contribution in [-0.4, -0.2) is 36.1 Å². The highest BCUT2D eigenvalue weighted by atomic mass is 32.1. The molecule has 3 aliphatic carbocycles. The van der Waals surface area contributed by atoms with Gasteiger partial charge in [-0.05, 0) is 56.9 Å². The average molecular weight is 493 g/mol. The van der Waals surface area contributed by atoms with Gasteiger partial charge >= 0.3 is 0 Å². The Morgan fingerprint density at radius 2 is 2.03 bits per heavy atom. The molecule has 0 aliphatic heterocycles. The molecule has 3 aromatic rings. The van der Waals surface area contributed by atoms with E-state index in [0.717, 1.165) is 66.4 Å². The fourth-order valence-corrected chi connectivity index (χ4v) is 6.70. The second-order valence-electron chi connectivity index (χ2n) is 10.5. The highest BCUT2D eigenvalue weighted by Crippen LogP contribution is 2.42. The van der Waals surface area contributed by atoms with Crippen molar-refractivity contribution in [2.24, 2.45) is 18.9 Å². The fraction of sp³-hybridized carbons (Fsp3) is 0.577. The number of carbonyl (C=O) groups excluding carboxylic acids is 2. The molecule has 3 aliphatic rings. The van der Waals surface area contributed by atoms with E-state index in [1.807, 2.05) is 20.0 Å². The first-order valence-electron chi connectivity index (χ1n) is 12.8. The van der Waals surface area contributed by atoms with Crippen molar-refractivity contribution in [3.63, 3.8) is 0 Å². The van der Waals surface area contributed by atoms with Gasteiger partial charge in [-0.2, -0.15) is 5.10 Å². The molecule has 0 radical (unpaired) electrons. The lowest BCUT2D eigenvalue weighted by Crippen LogP contribution is -2.20. The number of hydrogen-bond acceptors (Lipinski definition) is 7. The molecule has 1 atom stereocenters. The Hall–Kier alpha value is -2.81. The molecule has 0 aromatic carbocycles. The lowest BCUT2D eigenvalue weighted by molar-refractivity contribution is -0.119. The first-order valence-corrected chi connectivity index (χ1v) is 13.6. The van der Waals surface area contributed by atoms with Crippen molar-refractivity contribution >= 4 is 34.7 Å². The van der Waals surface area contributed by atoms with Crippen LogP contribution in [0, 0.1) is 18.8 Å². The van der Waals surface area contributed by atoms with Crippen molar-refractivity contribution in [3.05, 3.63) is 39.0 Å². The Kier molecular flexibility index (Phi) is 5.82. The molecule has 35 heavy (non-hydrogen) atoms. The molecular weight excluding hydrogens is 460 g/mol. The van der Waals surface area contributed by atoms with Crippen LogP contribution < -0.4 is 5.32 Å². The van der Waals surface area contributed by atoms with E-state index in [1.54, 1.807) is 22.3 Å². The lowest BCUT2D eigenvalue weighted by Gasteiger charge is -2.25. The minimum absolute atomic E-state index is 0.158. The Morgan fingerprint density at radius 1 is 1.20 bits per heavy atom. The van der Waals surface area contributed by atoms with Gasteiger partial charge in [0.05, 0.1) is 5.69 Å². The molecule has 0 unspecified atom stereocenters. The average Bonchev–Trinajstić information content (AvgIpc) is 3.74. The van der Waals surface area contributed by atoms with Gasteiger partial charge in [0.25, 0.3) is 0 Å². The van der Waals surface area contributed by atoms with Gasteiger partial charge < -0.3 is 5.32 Å². The van der Waals surface area contributed by atoms with E-state index in [-0.39, 0.29) is 17.7 Å². The second-order valence-corrected chi connectivity index (χ2v) is 11.7. The SMILES string of the molecule is Cc1cc(Nc2nncn2[C@@H]2CCc3sc(CC(=O)C4CC4)c(C(=O)CCC4CC4)c3C2)n(C)n1. The van der Waals surface area contributed by atoms with E-state index >= 15 is 0 Å². The van der Waals surface area contributed by atoms with Gasteiger partial charge in [-0.3, -0.25) is 18.8 Å². The molecule has 6 rings (SSSR count). The summed E-state index contributed by atoms with van der Waals surface area (Å²) in [6.45, 7) is 1.96. The number of fused-ring (bicyclic) bond motifs is 1. The number of rotatable bonds is 10. The molecule has 0 saturated heterocycles. The Bertz CT molecular complexity index is 1280. The molecule has 9 heteroatoms. The summed E-state index contributed by atoms with van der Waals surface area (Å²) >= 11 is 1.72. The molecule has 184 valence electrons. The molecule has 0 spiro atoms. The number of nitrogens with zero attached hydrogens (tertiary/aromatic N) is 5. The zero-order valence-electron chi connectivity index (χ0n) is 20.4. The number of thiophene rings is 1. The highest BCUT2D eigenvalue weighted by Gasteiger charge is 2.35. The number of Topliss-reactive ketones (excluding diaryl/α,β-unsaturated/α-hetero) is 2. The van der Waals surface area contributed by atoms with E-state index in [9.17, 15) is 9.59 Å². The first-order chi connectivity index (χ1) is 17.0. The maximum atomic E-state index is 13.5. The number of hydrogen-bond donors (Lipinski definition) is 1. The minimum Gasteiger partial charge on any atom is -0.309 e. The largest absolute Gasteiger partial charge is 0.309 e. The molecule has 2 fully saturated rings. The molecular formula is C26H32N6O2S. The predicted molar refractivity (Wildman–Crippen MR) is 134 cm³/mol. The summed E-state index contributed by atoms with van der Waals surface area (Å²) in [5.41, 5.74) is 2.97. The summed E-state index contributed by atoms with van der Waals surface area (Å²) in [5.74, 6) is 3.04. The van der Waals surface area contributed by atoms with E-state index in [2.05, 4.69) is 25.2 Å². The number of aryl methyl sites for hydroxylation is 3. The van der Waals surface area contributed by atoms with Gasteiger partial charge in [-0.25, -0.2) is 0 Å². The Labute approximate surface area is 209 Å². The van der Waals surface area contributed by atoms with E-state index in [4.69, 9.17) is 0 Å². The number of ketones is 2. The molecule has 2 saturated carbocycles. The molecule has 0 amide bonds. The number of aromatic nitrogens is 5. The summed E-state index contributed by atoms with van der Waals surface area (Å²) in [6, 6.07) is 2.14. The molecule has 3 aromatic heterocycles. The molecule has 3 heterocycles. The van der Waals surface area contributed by atoms with Crippen LogP contribution >= 0.6 is 11.3 Å². The van der Waals surface area contributed by atoms with E-state index < -0.39 is 0 Å². The van der Waals surface area contributed by atoms with Gasteiger partial charge in [0.2, 0.25) is 5.95 Å². The van der Waals surface area contributed by atoms with Gasteiger partial charge in [0.1, 0.15) is 17.9 Å². The smallest absolute Gasteiger partial charge is 0.230 e. The van der Waals surface area contributed by atoms with E-state index in [1.165, 1.54) is 23.3 Å². The number of nitrogens with one attached hydrogen (secondary N) is 1. The van der Waals surface area contributed by atoms with E-state index in [0.29, 0.717) is 24.6 Å². The standard InChI is InChI=1S/C26H32N6O2S/c1-15-11-24(31(2)30-15)28-26-29-27-14-32(26)18-8-10-22-19(12-18)25(20(33)9-5-16-3-4-16)23(35-22)13-21(34)17-6-7-17/h11,14,16-18H,3-10,12-13H2,1-2H3,(H,28,29)/t18-/m1/s1. The quantitative estimate of drug-likeness (QED) is 0.411. The van der Waals surface area contributed by atoms with Crippen LogP contribution in [-0.2, 0) is 31.1 Å². The summed E-state index contributed by atoms with van der Waals surface area (Å²) in [5, 5.41) is 16.3. The van der Waals surface area contributed by atoms with Crippen LogP contribution in [0.15, 0.2) is 12.4 Å². The van der Waals surface area contributed by atoms with Gasteiger partial charge in [0.15, 0.2) is 5.78 Å². The van der Waals surface area contributed by atoms with Crippen LogP contribution in [0.25, 0.3) is 0 Å². The topological polar surface area (TPSA) is 94.7 Å². The molecule has 1 N–H and O–H groups in total. The summed E-state index contributed by atoms with van der Waals surface area (Å²) < 4.78 is 3.89. The van der Waals surface area contributed by atoms with Gasteiger partial charge in [-0.15, -0.1) is 21.5 Å². The van der Waals surface area contributed by atoms with Crippen molar-refractivity contribution in [1.82, 2.24) is 24.5 Å². The van der Waals surface area contributed by atoms with Crippen LogP contribution in [0.3, 0.4) is 0 Å². The van der Waals surface area contributed by atoms with Gasteiger partial charge in [0, 0.05) is 53.2 Å². The zero-order chi connectivity index (χ0) is 24.1. The fourth-order valence-electron chi connectivity index (χ4n) is 5.32. The van der Waals surface area contributed by atoms with Crippen LogP contribution in [0.2, 0.25) is 0 Å². The maximum Gasteiger partial charge on any atom is 0.230 e. The summed E-state index contributed by atoms with van der Waals surface area (Å²) in [7, 11) is 1.90. The third kappa shape index (κ3) is 4.70. The molecule has 8 nitrogen and oxygen atoms in total. The second kappa shape index (κ2) is 9.00. The molecule has 0 bridgehead atoms. The highest BCUT2D eigenvalue weighted by molar-refractivity contribution is 7.12.